The van der Waals surface area contributed by atoms with Crippen molar-refractivity contribution in [2.75, 3.05) is 7.11 Å². The van der Waals surface area contributed by atoms with Crippen LogP contribution < -0.4 is 10.1 Å². The maximum atomic E-state index is 13.9. The number of methoxy groups -OCH3 is 1. The average molecular weight is 464 g/mol. The Morgan fingerprint density at radius 2 is 1.85 bits per heavy atom. The highest BCUT2D eigenvalue weighted by Gasteiger charge is 2.48. The molecule has 1 saturated carbocycles. The average Bonchev–Trinajstić information content (AvgIpc) is 3.22. The Hall–Kier alpha value is -3.22. The van der Waals surface area contributed by atoms with Gasteiger partial charge in [-0.2, -0.15) is 0 Å². The number of aryl methyl sites for hydroxylation is 1. The van der Waals surface area contributed by atoms with Crippen LogP contribution in [0.3, 0.4) is 0 Å². The van der Waals surface area contributed by atoms with Gasteiger partial charge in [0.2, 0.25) is 5.91 Å². The summed E-state index contributed by atoms with van der Waals surface area (Å²) < 4.78 is 13.0. The predicted molar refractivity (Wildman–Crippen MR) is 130 cm³/mol. The van der Waals surface area contributed by atoms with Crippen molar-refractivity contribution in [2.45, 2.75) is 77.0 Å². The van der Waals surface area contributed by atoms with Gasteiger partial charge in [0.1, 0.15) is 22.7 Å². The second-order valence-corrected chi connectivity index (χ2v) is 9.90. The van der Waals surface area contributed by atoms with Crippen LogP contribution in [0.1, 0.15) is 67.3 Å². The minimum Gasteiger partial charge on any atom is -0.497 e. The molecule has 1 aromatic carbocycles. The molecule has 34 heavy (non-hydrogen) atoms. The van der Waals surface area contributed by atoms with Gasteiger partial charge in [-0.1, -0.05) is 37.8 Å². The first-order chi connectivity index (χ1) is 16.4. The lowest BCUT2D eigenvalue weighted by atomic mass is 9.93. The summed E-state index contributed by atoms with van der Waals surface area (Å²) in [7, 11) is 1.63. The fraction of sp³-hybridized carbons (Fsp3) is 0.481. The second-order valence-electron chi connectivity index (χ2n) is 9.90. The monoisotopic (exact) mass is 463 g/mol. The number of amides is 2. The van der Waals surface area contributed by atoms with E-state index >= 15 is 0 Å². The molecule has 2 aromatic heterocycles. The number of aromatic nitrogens is 1. The quantitative estimate of drug-likeness (QED) is 0.551. The summed E-state index contributed by atoms with van der Waals surface area (Å²) in [6, 6.07) is 11.5. The molecule has 1 fully saturated rings. The molecule has 0 spiro atoms. The van der Waals surface area contributed by atoms with E-state index in [4.69, 9.17) is 9.15 Å². The molecule has 7 nitrogen and oxygen atoms in total. The van der Waals surface area contributed by atoms with E-state index in [2.05, 4.69) is 5.32 Å². The first kappa shape index (κ1) is 22.6. The smallest absolute Gasteiger partial charge is 0.271 e. The topological polar surface area (TPSA) is 76.7 Å². The molecule has 3 aromatic rings. The molecule has 2 aliphatic rings. The van der Waals surface area contributed by atoms with Crippen LogP contribution in [0, 0.1) is 6.92 Å². The SMILES string of the molecule is COc1ccc(CN2C(=O)c3cc4oc(C)cc4n3CC2(C)C(=O)NC2CCCCCC2)cc1. The number of furan rings is 1. The van der Waals surface area contributed by atoms with Gasteiger partial charge in [0.05, 0.1) is 19.2 Å². The Labute approximate surface area is 200 Å². The lowest BCUT2D eigenvalue weighted by molar-refractivity contribution is -0.134. The number of ether oxygens (including phenoxy) is 1. The standard InChI is InChI=1S/C27H33N3O4/c1-18-14-22-24(34-18)15-23-25(31)30(16-19-10-12-21(33-3)13-11-19)27(2,17-29(22)23)26(32)28-20-8-6-4-5-7-9-20/h10-15,20H,4-9,16-17H2,1-3H3,(H,28,32). The van der Waals surface area contributed by atoms with Crippen molar-refractivity contribution in [3.8, 4) is 5.75 Å². The Kier molecular flexibility index (Phi) is 5.88. The van der Waals surface area contributed by atoms with Gasteiger partial charge in [0.15, 0.2) is 5.58 Å². The molecule has 0 bridgehead atoms. The molecule has 1 atom stereocenters. The molecule has 2 amide bonds. The summed E-state index contributed by atoms with van der Waals surface area (Å²) in [6.07, 6.45) is 6.69. The van der Waals surface area contributed by atoms with Crippen LogP contribution in [0.4, 0.5) is 0 Å². The Balaban J connectivity index is 1.51. The second kappa shape index (κ2) is 8.85. The normalized spacial score (nSPS) is 21.4. The first-order valence-electron chi connectivity index (χ1n) is 12.2. The molecule has 3 heterocycles. The van der Waals surface area contributed by atoms with Gasteiger partial charge in [-0.05, 0) is 44.4 Å². The molecule has 0 saturated heterocycles. The molecule has 1 aliphatic heterocycles. The summed E-state index contributed by atoms with van der Waals surface area (Å²) in [4.78, 5) is 29.4. The van der Waals surface area contributed by atoms with Crippen molar-refractivity contribution in [2.24, 2.45) is 0 Å². The van der Waals surface area contributed by atoms with Crippen LogP contribution in [-0.4, -0.2) is 40.0 Å². The zero-order valence-electron chi connectivity index (χ0n) is 20.2. The molecule has 1 N–H and O–H groups in total. The third kappa shape index (κ3) is 3.97. The first-order valence-corrected chi connectivity index (χ1v) is 12.2. The number of rotatable bonds is 5. The summed E-state index contributed by atoms with van der Waals surface area (Å²) in [5.74, 6) is 1.30. The van der Waals surface area contributed by atoms with E-state index in [0.29, 0.717) is 24.4 Å². The molecule has 1 unspecified atom stereocenters. The van der Waals surface area contributed by atoms with Crippen molar-refractivity contribution < 1.29 is 18.7 Å². The third-order valence-corrected chi connectivity index (χ3v) is 7.42. The number of hydrogen-bond acceptors (Lipinski definition) is 4. The largest absolute Gasteiger partial charge is 0.497 e. The highest BCUT2D eigenvalue weighted by molar-refractivity contribution is 6.03. The van der Waals surface area contributed by atoms with Crippen LogP contribution in [0.2, 0.25) is 0 Å². The maximum absolute atomic E-state index is 13.9. The van der Waals surface area contributed by atoms with Crippen molar-refractivity contribution in [3.05, 3.63) is 53.4 Å². The van der Waals surface area contributed by atoms with Gasteiger partial charge in [0, 0.05) is 24.7 Å². The maximum Gasteiger partial charge on any atom is 0.271 e. The number of hydrogen-bond donors (Lipinski definition) is 1. The Morgan fingerprint density at radius 1 is 1.15 bits per heavy atom. The minimum absolute atomic E-state index is 0.0889. The van der Waals surface area contributed by atoms with Crippen molar-refractivity contribution in [3.63, 3.8) is 0 Å². The van der Waals surface area contributed by atoms with E-state index in [1.807, 2.05) is 48.7 Å². The lowest BCUT2D eigenvalue weighted by Gasteiger charge is -2.44. The van der Waals surface area contributed by atoms with Gasteiger partial charge in [-0.25, -0.2) is 0 Å². The van der Waals surface area contributed by atoms with E-state index in [-0.39, 0.29) is 17.9 Å². The molecule has 5 rings (SSSR count). The number of carbonyl (C=O) groups excluding carboxylic acids is 2. The van der Waals surface area contributed by atoms with E-state index in [9.17, 15) is 9.59 Å². The van der Waals surface area contributed by atoms with Crippen LogP contribution in [0.25, 0.3) is 11.1 Å². The summed E-state index contributed by atoms with van der Waals surface area (Å²) in [6.45, 7) is 4.50. The summed E-state index contributed by atoms with van der Waals surface area (Å²) in [5.41, 5.74) is 2.01. The van der Waals surface area contributed by atoms with E-state index in [0.717, 1.165) is 48.3 Å². The van der Waals surface area contributed by atoms with E-state index in [1.165, 1.54) is 12.8 Å². The summed E-state index contributed by atoms with van der Waals surface area (Å²) >= 11 is 0. The van der Waals surface area contributed by atoms with E-state index < -0.39 is 5.54 Å². The molecular formula is C27H33N3O4. The van der Waals surface area contributed by atoms with E-state index in [1.54, 1.807) is 18.1 Å². The Bertz CT molecular complexity index is 1200. The highest BCUT2D eigenvalue weighted by atomic mass is 16.5. The van der Waals surface area contributed by atoms with Crippen LogP contribution in [0.5, 0.6) is 5.75 Å². The number of nitrogens with one attached hydrogen (secondary N) is 1. The number of nitrogens with zero attached hydrogens (tertiary/aromatic N) is 2. The fourth-order valence-electron chi connectivity index (χ4n) is 5.39. The van der Waals surface area contributed by atoms with Gasteiger partial charge in [-0.3, -0.25) is 9.59 Å². The van der Waals surface area contributed by atoms with Crippen LogP contribution in [0.15, 0.2) is 40.8 Å². The highest BCUT2D eigenvalue weighted by Crippen LogP contribution is 2.35. The fourth-order valence-corrected chi connectivity index (χ4v) is 5.39. The van der Waals surface area contributed by atoms with Crippen molar-refractivity contribution in [1.82, 2.24) is 14.8 Å². The minimum atomic E-state index is -1.03. The van der Waals surface area contributed by atoms with Crippen molar-refractivity contribution in [1.29, 1.82) is 0 Å². The Morgan fingerprint density at radius 3 is 2.53 bits per heavy atom. The van der Waals surface area contributed by atoms with Crippen LogP contribution in [-0.2, 0) is 17.9 Å². The number of carbonyl (C=O) groups is 2. The van der Waals surface area contributed by atoms with Gasteiger partial charge < -0.3 is 23.9 Å². The third-order valence-electron chi connectivity index (χ3n) is 7.42. The van der Waals surface area contributed by atoms with Gasteiger partial charge >= 0.3 is 0 Å². The summed E-state index contributed by atoms with van der Waals surface area (Å²) in [5, 5.41) is 3.31. The number of benzene rings is 1. The molecule has 1 aliphatic carbocycles. The predicted octanol–water partition coefficient (Wildman–Crippen LogP) is 4.81. The number of fused-ring (bicyclic) bond motifs is 3. The molecule has 0 radical (unpaired) electrons. The molecule has 180 valence electrons. The van der Waals surface area contributed by atoms with Gasteiger partial charge in [-0.15, -0.1) is 0 Å². The van der Waals surface area contributed by atoms with Crippen LogP contribution >= 0.6 is 0 Å². The lowest BCUT2D eigenvalue weighted by Crippen LogP contribution is -2.64. The van der Waals surface area contributed by atoms with Crippen molar-refractivity contribution >= 4 is 22.9 Å². The zero-order valence-corrected chi connectivity index (χ0v) is 20.2. The molecule has 7 heteroatoms. The zero-order chi connectivity index (χ0) is 23.9. The molecular weight excluding hydrogens is 430 g/mol. The van der Waals surface area contributed by atoms with Gasteiger partial charge in [0.25, 0.3) is 5.91 Å².